The number of anilines is 1. The standard InChI is InChI=1S/C42H53N3O13S2/c1-41(2,3)33-27-30(57-36-26-29(13-15-32(33)36)43(21-23-55-5)22-24-56-6)10-7-11-37-42(4,19-8-12-40(48)58-45-38(46)17-18-39(45)47)34-28-31(60(52,53)54)14-16-35(34)44(37)20-9-25-59(49,50)51/h7,10-11,13-16,26-28H,8-9,12,17-25H2,1-6H3,(H-,49,50,51,52,53,54)/p-1. The molecule has 1 fully saturated rings. The van der Waals surface area contributed by atoms with Crippen LogP contribution >= 0.6 is 0 Å². The third-order valence-electron chi connectivity index (χ3n) is 10.6. The fraction of sp³-hybridized carbons (Fsp3) is 0.476. The van der Waals surface area contributed by atoms with Gasteiger partial charge in [-0.15, -0.1) is 5.06 Å². The first-order valence-corrected chi connectivity index (χ1v) is 22.6. The predicted molar refractivity (Wildman–Crippen MR) is 219 cm³/mol. The van der Waals surface area contributed by atoms with E-state index >= 15 is 0 Å². The fourth-order valence-corrected chi connectivity index (χ4v) is 8.56. The van der Waals surface area contributed by atoms with E-state index in [0.717, 1.165) is 16.5 Å². The first-order valence-electron chi connectivity index (χ1n) is 19.6. The zero-order valence-electron chi connectivity index (χ0n) is 34.7. The Morgan fingerprint density at radius 1 is 0.950 bits per heavy atom. The molecule has 60 heavy (non-hydrogen) atoms. The van der Waals surface area contributed by atoms with Crippen molar-refractivity contribution in [3.05, 3.63) is 82.6 Å². The van der Waals surface area contributed by atoms with E-state index in [2.05, 4.69) is 25.3 Å². The van der Waals surface area contributed by atoms with Gasteiger partial charge >= 0.3 is 5.97 Å². The molecule has 0 aromatic heterocycles. The molecular formula is C42H52N3O13S2-. The largest absolute Gasteiger partial charge is 0.748 e. The number of methoxy groups -OCH3 is 2. The van der Waals surface area contributed by atoms with Crippen LogP contribution < -0.4 is 14.8 Å². The SMILES string of the molecule is COCC[N+](CCOC)=c1ccc2c(C(C)(C)C)cc(/C=C/C=C3/N(CCCS(=O)(=O)[O-])c4ccc(S(=O)(=O)[O-])cc4C3(C)CCCC(=O)ON3C(=O)CCC3=O)oc-2c1. The maximum Gasteiger partial charge on any atom is 0.333 e. The van der Waals surface area contributed by atoms with Crippen molar-refractivity contribution in [1.29, 1.82) is 0 Å². The van der Waals surface area contributed by atoms with Crippen LogP contribution in [0, 0.1) is 0 Å². The molecule has 3 aliphatic heterocycles. The molecule has 0 radical (unpaired) electrons. The number of hydroxylamine groups is 2. The van der Waals surface area contributed by atoms with Crippen LogP contribution in [0.4, 0.5) is 5.69 Å². The number of hydrogen-bond donors (Lipinski definition) is 0. The molecule has 3 heterocycles. The van der Waals surface area contributed by atoms with Gasteiger partial charge in [-0.3, -0.25) is 9.59 Å². The van der Waals surface area contributed by atoms with Crippen molar-refractivity contribution >= 4 is 49.8 Å². The summed E-state index contributed by atoms with van der Waals surface area (Å²) >= 11 is 0. The minimum Gasteiger partial charge on any atom is -0.748 e. The lowest BCUT2D eigenvalue weighted by Crippen LogP contribution is -2.35. The summed E-state index contributed by atoms with van der Waals surface area (Å²) in [6.07, 6.45) is 5.15. The third kappa shape index (κ3) is 11.2. The van der Waals surface area contributed by atoms with Crippen LogP contribution in [0.2, 0.25) is 0 Å². The molecule has 18 heteroatoms. The van der Waals surface area contributed by atoms with E-state index in [1.807, 2.05) is 24.3 Å². The van der Waals surface area contributed by atoms with E-state index in [0.29, 0.717) is 59.8 Å². The van der Waals surface area contributed by atoms with Crippen LogP contribution in [0.25, 0.3) is 17.4 Å². The van der Waals surface area contributed by atoms with Gasteiger partial charge in [0.05, 0.1) is 21.1 Å². The van der Waals surface area contributed by atoms with Crippen LogP contribution in [0.3, 0.4) is 0 Å². The molecule has 1 aromatic carbocycles. The second-order valence-corrected chi connectivity index (χ2v) is 18.9. The number of ether oxygens (including phenoxy) is 2. The number of amides is 2. The van der Waals surface area contributed by atoms with E-state index in [1.165, 1.54) is 18.2 Å². The Morgan fingerprint density at radius 2 is 1.62 bits per heavy atom. The van der Waals surface area contributed by atoms with Crippen LogP contribution in [0.15, 0.2) is 69.6 Å². The Morgan fingerprint density at radius 3 is 2.22 bits per heavy atom. The maximum absolute atomic E-state index is 12.8. The lowest BCUT2D eigenvalue weighted by molar-refractivity contribution is -0.197. The minimum atomic E-state index is -4.90. The minimum absolute atomic E-state index is 0.0361. The van der Waals surface area contributed by atoms with Gasteiger partial charge in [-0.05, 0) is 85.2 Å². The molecule has 1 saturated heterocycles. The van der Waals surface area contributed by atoms with Crippen LogP contribution in [0.5, 0.6) is 0 Å². The van der Waals surface area contributed by atoms with E-state index in [4.69, 9.17) is 18.7 Å². The smallest absolute Gasteiger partial charge is 0.333 e. The molecule has 326 valence electrons. The van der Waals surface area contributed by atoms with Crippen molar-refractivity contribution in [1.82, 2.24) is 9.64 Å². The van der Waals surface area contributed by atoms with Gasteiger partial charge < -0.3 is 32.7 Å². The second kappa shape index (κ2) is 18.9. The van der Waals surface area contributed by atoms with Gasteiger partial charge in [0.15, 0.2) is 13.1 Å². The van der Waals surface area contributed by atoms with Gasteiger partial charge in [0.25, 0.3) is 11.8 Å². The Labute approximate surface area is 350 Å². The number of benzene rings is 2. The van der Waals surface area contributed by atoms with Crippen molar-refractivity contribution in [3.8, 4) is 11.3 Å². The molecule has 2 amide bonds. The number of fused-ring (bicyclic) bond motifs is 2. The van der Waals surface area contributed by atoms with E-state index < -0.39 is 54.1 Å². The fourth-order valence-electron chi connectivity index (χ4n) is 7.58. The summed E-state index contributed by atoms with van der Waals surface area (Å²) in [5.74, 6) is -1.58. The zero-order valence-corrected chi connectivity index (χ0v) is 36.4. The molecule has 0 bridgehead atoms. The van der Waals surface area contributed by atoms with E-state index in [9.17, 15) is 40.3 Å². The van der Waals surface area contributed by atoms with Gasteiger partial charge in [0, 0.05) is 74.2 Å². The zero-order chi connectivity index (χ0) is 44.0. The highest BCUT2D eigenvalue weighted by Gasteiger charge is 2.43. The molecule has 0 spiro atoms. The predicted octanol–water partition coefficient (Wildman–Crippen LogP) is 4.04. The first kappa shape index (κ1) is 46.3. The quantitative estimate of drug-likeness (QED) is 0.100. The Balaban J connectivity index is 1.60. The Bertz CT molecular complexity index is 2410. The molecule has 0 N–H and O–H groups in total. The third-order valence-corrected chi connectivity index (χ3v) is 12.2. The Hall–Kier alpha value is -4.72. The molecule has 1 aliphatic carbocycles. The van der Waals surface area contributed by atoms with E-state index in [1.54, 1.807) is 44.3 Å². The molecule has 1 unspecified atom stereocenters. The summed E-state index contributed by atoms with van der Waals surface area (Å²) in [4.78, 5) is 43.2. The van der Waals surface area contributed by atoms with Gasteiger partial charge in [-0.25, -0.2) is 26.2 Å². The highest BCUT2D eigenvalue weighted by molar-refractivity contribution is 7.86. The summed E-state index contributed by atoms with van der Waals surface area (Å²) in [6.45, 7) is 10.4. The first-order chi connectivity index (χ1) is 28.2. The van der Waals surface area contributed by atoms with E-state index in [-0.39, 0.29) is 50.5 Å². The summed E-state index contributed by atoms with van der Waals surface area (Å²) < 4.78 is 91.0. The van der Waals surface area contributed by atoms with Crippen molar-refractivity contribution in [2.45, 2.75) is 81.9 Å². The number of carbonyl (C=O) groups excluding carboxylic acids is 3. The average molecular weight is 871 g/mol. The summed E-state index contributed by atoms with van der Waals surface area (Å²) in [7, 11) is -6.19. The number of imide groups is 1. The lowest BCUT2D eigenvalue weighted by atomic mass is 9.77. The lowest BCUT2D eigenvalue weighted by Gasteiger charge is -2.30. The molecule has 4 aliphatic rings. The van der Waals surface area contributed by atoms with Crippen LogP contribution in [0.1, 0.15) is 83.1 Å². The van der Waals surface area contributed by atoms with Gasteiger partial charge in [-0.1, -0.05) is 26.8 Å². The Kier molecular flexibility index (Phi) is 14.6. The molecule has 5 rings (SSSR count). The van der Waals surface area contributed by atoms with Crippen molar-refractivity contribution < 1.29 is 59.1 Å². The van der Waals surface area contributed by atoms with Crippen molar-refractivity contribution in [3.63, 3.8) is 0 Å². The number of hydrogen-bond acceptors (Lipinski definition) is 14. The number of rotatable bonds is 18. The number of allylic oxidation sites excluding steroid dienone is 3. The highest BCUT2D eigenvalue weighted by Crippen LogP contribution is 2.51. The van der Waals surface area contributed by atoms with Crippen molar-refractivity contribution in [2.75, 3.05) is 57.7 Å². The van der Waals surface area contributed by atoms with Gasteiger partial charge in [0.2, 0.25) is 5.36 Å². The summed E-state index contributed by atoms with van der Waals surface area (Å²) in [5.41, 5.74) is 2.04. The second-order valence-electron chi connectivity index (χ2n) is 16.0. The van der Waals surface area contributed by atoms with Gasteiger partial charge in [-0.2, -0.15) is 0 Å². The highest BCUT2D eigenvalue weighted by atomic mass is 32.2. The number of nitrogens with zero attached hydrogens (tertiary/aromatic N) is 3. The summed E-state index contributed by atoms with van der Waals surface area (Å²) in [5, 5.41) is 1.38. The maximum atomic E-state index is 12.8. The van der Waals surface area contributed by atoms with Crippen LogP contribution in [-0.2, 0) is 59.8 Å². The molecule has 16 nitrogen and oxygen atoms in total. The van der Waals surface area contributed by atoms with Gasteiger partial charge in [0.1, 0.15) is 34.9 Å². The molecule has 0 saturated carbocycles. The van der Waals surface area contributed by atoms with Crippen LogP contribution in [-0.4, -0.2) is 102 Å². The monoisotopic (exact) mass is 870 g/mol. The normalized spacial score (nSPS) is 18.0. The molecular weight excluding hydrogens is 819 g/mol. The topological polar surface area (TPSA) is 216 Å². The molecule has 1 aromatic rings. The summed E-state index contributed by atoms with van der Waals surface area (Å²) in [6, 6.07) is 11.9. The average Bonchev–Trinajstić information content (AvgIpc) is 3.60. The number of carbonyl (C=O) groups is 3. The molecule has 1 atom stereocenters. The van der Waals surface area contributed by atoms with Crippen molar-refractivity contribution in [2.24, 2.45) is 0 Å².